The predicted octanol–water partition coefficient (Wildman–Crippen LogP) is 3.99. The number of nitrogens with one attached hydrogen (secondary N) is 1. The Morgan fingerprint density at radius 3 is 2.64 bits per heavy atom. The van der Waals surface area contributed by atoms with E-state index in [1.807, 2.05) is 55.5 Å². The lowest BCUT2D eigenvalue weighted by atomic mass is 10.2. The highest BCUT2D eigenvalue weighted by Gasteiger charge is 2.24. The molecule has 2 aromatic rings. The van der Waals surface area contributed by atoms with Crippen LogP contribution < -0.4 is 14.8 Å². The Balaban J connectivity index is 1.78. The first-order valence-corrected chi connectivity index (χ1v) is 8.66. The first-order chi connectivity index (χ1) is 12.2. The number of aliphatic imine (C=N–C) groups is 1. The average molecular weight is 354 g/mol. The van der Waals surface area contributed by atoms with Crippen molar-refractivity contribution < 1.29 is 14.3 Å². The molecule has 25 heavy (non-hydrogen) atoms. The molecule has 1 N–H and O–H groups in total. The topological polar surface area (TPSA) is 59.9 Å². The van der Waals surface area contributed by atoms with Gasteiger partial charge >= 0.3 is 0 Å². The summed E-state index contributed by atoms with van der Waals surface area (Å²) in [6, 6.07) is 15.0. The summed E-state index contributed by atoms with van der Waals surface area (Å²) in [7, 11) is 1.61. The van der Waals surface area contributed by atoms with Crippen LogP contribution in [0.15, 0.2) is 58.4 Å². The number of carbonyl (C=O) groups excluding carboxylic acids is 1. The minimum Gasteiger partial charge on any atom is -0.496 e. The summed E-state index contributed by atoms with van der Waals surface area (Å²) < 4.78 is 10.7. The van der Waals surface area contributed by atoms with Gasteiger partial charge in [0.05, 0.1) is 24.3 Å². The lowest BCUT2D eigenvalue weighted by Crippen LogP contribution is -2.19. The maximum atomic E-state index is 12.2. The Morgan fingerprint density at radius 2 is 1.92 bits per heavy atom. The van der Waals surface area contributed by atoms with Gasteiger partial charge in [-0.05, 0) is 55.1 Å². The number of benzene rings is 2. The molecular weight excluding hydrogens is 336 g/mol. The lowest BCUT2D eigenvalue weighted by molar-refractivity contribution is -0.115. The van der Waals surface area contributed by atoms with Crippen LogP contribution in [0.25, 0.3) is 6.08 Å². The smallest absolute Gasteiger partial charge is 0.264 e. The molecule has 0 atom stereocenters. The van der Waals surface area contributed by atoms with Crippen LogP contribution in [0.4, 0.5) is 5.69 Å². The van der Waals surface area contributed by atoms with E-state index in [-0.39, 0.29) is 5.91 Å². The molecule has 3 rings (SSSR count). The van der Waals surface area contributed by atoms with Gasteiger partial charge in [-0.25, -0.2) is 4.99 Å². The van der Waals surface area contributed by atoms with E-state index in [9.17, 15) is 4.79 Å². The number of amidine groups is 1. The number of nitrogens with zero attached hydrogens (tertiary/aromatic N) is 1. The summed E-state index contributed by atoms with van der Waals surface area (Å²) in [5.74, 6) is 1.35. The first-order valence-electron chi connectivity index (χ1n) is 7.85. The molecule has 0 bridgehead atoms. The van der Waals surface area contributed by atoms with E-state index in [0.717, 1.165) is 22.7 Å². The Hall–Kier alpha value is -2.73. The number of hydrogen-bond acceptors (Lipinski definition) is 5. The molecular formula is C19H18N2O3S. The monoisotopic (exact) mass is 354 g/mol. The highest BCUT2D eigenvalue weighted by Crippen LogP contribution is 2.30. The second-order valence-corrected chi connectivity index (χ2v) is 6.18. The molecule has 0 saturated carbocycles. The lowest BCUT2D eigenvalue weighted by Gasteiger charge is -2.03. The van der Waals surface area contributed by atoms with E-state index < -0.39 is 0 Å². The van der Waals surface area contributed by atoms with Crippen molar-refractivity contribution in [2.24, 2.45) is 4.99 Å². The SMILES string of the molecule is CCOc1ccc(N=C2NC(=O)/C(=C/c3ccccc3OC)S2)cc1. The molecule has 1 aliphatic rings. The molecule has 0 aromatic heterocycles. The van der Waals surface area contributed by atoms with Crippen molar-refractivity contribution in [3.05, 3.63) is 59.0 Å². The third kappa shape index (κ3) is 4.22. The molecule has 0 radical (unpaired) electrons. The molecule has 6 heteroatoms. The minimum absolute atomic E-state index is 0.166. The van der Waals surface area contributed by atoms with Gasteiger partial charge in [-0.2, -0.15) is 0 Å². The normalized spacial score (nSPS) is 17.0. The number of ether oxygens (including phenoxy) is 2. The number of para-hydroxylation sites is 1. The standard InChI is InChI=1S/C19H18N2O3S/c1-3-24-15-10-8-14(9-11-15)20-19-21-18(22)17(25-19)12-13-6-4-5-7-16(13)23-2/h4-12H,3H2,1-2H3,(H,20,21,22)/b17-12-. The molecule has 2 aromatic carbocycles. The van der Waals surface area contributed by atoms with Crippen LogP contribution in [0.5, 0.6) is 11.5 Å². The third-order valence-electron chi connectivity index (χ3n) is 3.45. The van der Waals surface area contributed by atoms with Gasteiger partial charge in [0.25, 0.3) is 5.91 Å². The Bertz CT molecular complexity index is 829. The van der Waals surface area contributed by atoms with Crippen molar-refractivity contribution in [3.8, 4) is 11.5 Å². The molecule has 0 unspecified atom stereocenters. The van der Waals surface area contributed by atoms with Crippen molar-refractivity contribution in [1.82, 2.24) is 5.32 Å². The fraction of sp³-hybridized carbons (Fsp3) is 0.158. The fourth-order valence-electron chi connectivity index (χ4n) is 2.31. The van der Waals surface area contributed by atoms with Crippen LogP contribution >= 0.6 is 11.8 Å². The Labute approximate surface area is 150 Å². The first kappa shape index (κ1) is 17.1. The Kier molecular flexibility index (Phi) is 5.40. The minimum atomic E-state index is -0.166. The Morgan fingerprint density at radius 1 is 1.16 bits per heavy atom. The van der Waals surface area contributed by atoms with E-state index in [2.05, 4.69) is 10.3 Å². The van der Waals surface area contributed by atoms with E-state index in [1.54, 1.807) is 13.2 Å². The second-order valence-electron chi connectivity index (χ2n) is 5.15. The summed E-state index contributed by atoms with van der Waals surface area (Å²) in [5.41, 5.74) is 1.61. The van der Waals surface area contributed by atoms with E-state index in [1.165, 1.54) is 11.8 Å². The number of amides is 1. The van der Waals surface area contributed by atoms with Gasteiger partial charge < -0.3 is 14.8 Å². The van der Waals surface area contributed by atoms with Crippen LogP contribution in [0.3, 0.4) is 0 Å². The van der Waals surface area contributed by atoms with Crippen molar-refractivity contribution in [2.75, 3.05) is 13.7 Å². The van der Waals surface area contributed by atoms with Gasteiger partial charge in [0.2, 0.25) is 0 Å². The van der Waals surface area contributed by atoms with Crippen molar-refractivity contribution in [3.63, 3.8) is 0 Å². The van der Waals surface area contributed by atoms with E-state index >= 15 is 0 Å². The van der Waals surface area contributed by atoms with Crippen LogP contribution in [0.2, 0.25) is 0 Å². The zero-order valence-electron chi connectivity index (χ0n) is 14.0. The van der Waals surface area contributed by atoms with Crippen LogP contribution in [0.1, 0.15) is 12.5 Å². The van der Waals surface area contributed by atoms with E-state index in [0.29, 0.717) is 16.7 Å². The number of carbonyl (C=O) groups is 1. The maximum Gasteiger partial charge on any atom is 0.264 e. The highest BCUT2D eigenvalue weighted by molar-refractivity contribution is 8.18. The van der Waals surface area contributed by atoms with Gasteiger partial charge in [0.15, 0.2) is 5.17 Å². The van der Waals surface area contributed by atoms with Gasteiger partial charge in [-0.1, -0.05) is 18.2 Å². The summed E-state index contributed by atoms with van der Waals surface area (Å²) >= 11 is 1.31. The molecule has 1 saturated heterocycles. The van der Waals surface area contributed by atoms with Crippen molar-refractivity contribution in [1.29, 1.82) is 0 Å². The predicted molar refractivity (Wildman–Crippen MR) is 101 cm³/mol. The molecule has 1 fully saturated rings. The van der Waals surface area contributed by atoms with Gasteiger partial charge in [0.1, 0.15) is 11.5 Å². The second kappa shape index (κ2) is 7.90. The van der Waals surface area contributed by atoms with Crippen LogP contribution in [-0.2, 0) is 4.79 Å². The molecule has 1 amide bonds. The summed E-state index contributed by atoms with van der Waals surface area (Å²) in [4.78, 5) is 17.2. The summed E-state index contributed by atoms with van der Waals surface area (Å²) in [5, 5.41) is 3.33. The average Bonchev–Trinajstić information content (AvgIpc) is 2.96. The highest BCUT2D eigenvalue weighted by atomic mass is 32.2. The van der Waals surface area contributed by atoms with Crippen molar-refractivity contribution in [2.45, 2.75) is 6.92 Å². The molecule has 128 valence electrons. The molecule has 0 spiro atoms. The summed E-state index contributed by atoms with van der Waals surface area (Å²) in [6.45, 7) is 2.56. The van der Waals surface area contributed by atoms with Crippen LogP contribution in [0, 0.1) is 0 Å². The zero-order chi connectivity index (χ0) is 17.6. The third-order valence-corrected chi connectivity index (χ3v) is 4.36. The number of methoxy groups -OCH3 is 1. The molecule has 0 aliphatic carbocycles. The maximum absolute atomic E-state index is 12.2. The molecule has 5 nitrogen and oxygen atoms in total. The van der Waals surface area contributed by atoms with Crippen molar-refractivity contribution >= 4 is 34.6 Å². The molecule has 1 aliphatic heterocycles. The zero-order valence-corrected chi connectivity index (χ0v) is 14.8. The quantitative estimate of drug-likeness (QED) is 0.825. The van der Waals surface area contributed by atoms with Crippen LogP contribution in [-0.4, -0.2) is 24.8 Å². The molecule has 1 heterocycles. The number of hydrogen-bond donors (Lipinski definition) is 1. The van der Waals surface area contributed by atoms with Gasteiger partial charge in [-0.15, -0.1) is 0 Å². The largest absolute Gasteiger partial charge is 0.496 e. The number of thioether (sulfide) groups is 1. The fourth-order valence-corrected chi connectivity index (χ4v) is 3.14. The summed E-state index contributed by atoms with van der Waals surface area (Å²) in [6.07, 6.45) is 1.81. The van der Waals surface area contributed by atoms with E-state index in [4.69, 9.17) is 9.47 Å². The number of rotatable bonds is 5. The van der Waals surface area contributed by atoms with Gasteiger partial charge in [0, 0.05) is 5.56 Å². The van der Waals surface area contributed by atoms with Gasteiger partial charge in [-0.3, -0.25) is 4.79 Å².